The number of nitrogens with one attached hydrogen (secondary N) is 1. The highest BCUT2D eigenvalue weighted by molar-refractivity contribution is 8.00. The van der Waals surface area contributed by atoms with Crippen molar-refractivity contribution in [2.24, 2.45) is 11.8 Å². The second-order valence-electron chi connectivity index (χ2n) is 5.47. The molecule has 0 saturated carbocycles. The van der Waals surface area contributed by atoms with Crippen molar-refractivity contribution < 1.29 is 4.79 Å². The molecule has 1 saturated heterocycles. The van der Waals surface area contributed by atoms with E-state index in [2.05, 4.69) is 31.0 Å². The minimum absolute atomic E-state index is 0.142. The van der Waals surface area contributed by atoms with Crippen molar-refractivity contribution in [1.29, 1.82) is 0 Å². The van der Waals surface area contributed by atoms with Crippen LogP contribution in [0.4, 0.5) is 0 Å². The first-order valence-electron chi connectivity index (χ1n) is 7.15. The molecule has 18 heavy (non-hydrogen) atoms. The molecule has 0 bridgehead atoms. The maximum absolute atomic E-state index is 12.6. The van der Waals surface area contributed by atoms with Gasteiger partial charge in [0, 0.05) is 13.1 Å². The van der Waals surface area contributed by atoms with Gasteiger partial charge in [-0.25, -0.2) is 0 Å². The Morgan fingerprint density at radius 2 is 2.22 bits per heavy atom. The maximum Gasteiger partial charge on any atom is 0.235 e. The zero-order valence-corrected chi connectivity index (χ0v) is 13.1. The molecule has 3 nitrogen and oxygen atoms in total. The van der Waals surface area contributed by atoms with E-state index in [1.807, 2.05) is 7.05 Å². The Hall–Kier alpha value is -0.220. The number of carbonyl (C=O) groups is 1. The van der Waals surface area contributed by atoms with Gasteiger partial charge in [0.1, 0.15) is 0 Å². The second kappa shape index (κ2) is 8.05. The molecule has 2 unspecified atom stereocenters. The molecule has 1 aliphatic rings. The third-order valence-electron chi connectivity index (χ3n) is 3.52. The molecule has 0 aromatic rings. The molecule has 0 aromatic heterocycles. The lowest BCUT2D eigenvalue weighted by atomic mass is 9.97. The topological polar surface area (TPSA) is 32.3 Å². The van der Waals surface area contributed by atoms with Crippen molar-refractivity contribution >= 4 is 17.7 Å². The summed E-state index contributed by atoms with van der Waals surface area (Å²) in [5, 5.41) is 3.37. The quantitative estimate of drug-likeness (QED) is 0.805. The van der Waals surface area contributed by atoms with E-state index in [1.165, 1.54) is 6.42 Å². The molecule has 4 heteroatoms. The van der Waals surface area contributed by atoms with E-state index in [0.29, 0.717) is 17.7 Å². The summed E-state index contributed by atoms with van der Waals surface area (Å²) in [4.78, 5) is 14.7. The summed E-state index contributed by atoms with van der Waals surface area (Å²) in [5.74, 6) is 2.43. The summed E-state index contributed by atoms with van der Waals surface area (Å²) in [6.45, 7) is 9.35. The van der Waals surface area contributed by atoms with Crippen LogP contribution in [-0.4, -0.2) is 48.5 Å². The highest BCUT2D eigenvalue weighted by atomic mass is 32.2. The average Bonchev–Trinajstić information content (AvgIpc) is 2.35. The Morgan fingerprint density at radius 1 is 1.50 bits per heavy atom. The number of carbonyl (C=O) groups excluding carboxylic acids is 1. The van der Waals surface area contributed by atoms with Crippen LogP contribution >= 0.6 is 11.8 Å². The van der Waals surface area contributed by atoms with Crippen LogP contribution in [0.3, 0.4) is 0 Å². The van der Waals surface area contributed by atoms with Gasteiger partial charge in [0.2, 0.25) is 5.91 Å². The van der Waals surface area contributed by atoms with E-state index in [1.54, 1.807) is 11.8 Å². The van der Waals surface area contributed by atoms with Gasteiger partial charge < -0.3 is 10.2 Å². The van der Waals surface area contributed by atoms with E-state index in [4.69, 9.17) is 0 Å². The fraction of sp³-hybridized carbons (Fsp3) is 0.929. The van der Waals surface area contributed by atoms with Gasteiger partial charge in [0.05, 0.1) is 5.25 Å². The number of thioether (sulfide) groups is 1. The summed E-state index contributed by atoms with van der Waals surface area (Å²) in [6.07, 6.45) is 2.40. The molecule has 2 atom stereocenters. The van der Waals surface area contributed by atoms with Crippen molar-refractivity contribution in [1.82, 2.24) is 10.2 Å². The van der Waals surface area contributed by atoms with E-state index in [-0.39, 0.29) is 5.25 Å². The van der Waals surface area contributed by atoms with Crippen LogP contribution in [0.1, 0.15) is 33.6 Å². The Labute approximate surface area is 116 Å². The van der Waals surface area contributed by atoms with E-state index in [9.17, 15) is 4.79 Å². The van der Waals surface area contributed by atoms with Gasteiger partial charge in [0.15, 0.2) is 0 Å². The summed E-state index contributed by atoms with van der Waals surface area (Å²) in [7, 11) is 1.99. The van der Waals surface area contributed by atoms with Crippen molar-refractivity contribution in [3.63, 3.8) is 0 Å². The number of hydrogen-bond acceptors (Lipinski definition) is 3. The smallest absolute Gasteiger partial charge is 0.235 e. The molecule has 1 heterocycles. The largest absolute Gasteiger partial charge is 0.341 e. The van der Waals surface area contributed by atoms with E-state index in [0.717, 1.165) is 31.8 Å². The maximum atomic E-state index is 12.6. The van der Waals surface area contributed by atoms with Gasteiger partial charge in [-0.3, -0.25) is 4.79 Å². The fourth-order valence-corrected chi connectivity index (χ4v) is 3.66. The number of nitrogens with zero attached hydrogens (tertiary/aromatic N) is 1. The Morgan fingerprint density at radius 3 is 2.78 bits per heavy atom. The van der Waals surface area contributed by atoms with E-state index >= 15 is 0 Å². The summed E-state index contributed by atoms with van der Waals surface area (Å²) in [6, 6.07) is 0. The Kier molecular flexibility index (Phi) is 7.08. The molecule has 1 aliphatic heterocycles. The number of amides is 1. The van der Waals surface area contributed by atoms with Gasteiger partial charge >= 0.3 is 0 Å². The van der Waals surface area contributed by atoms with Gasteiger partial charge in [-0.15, -0.1) is 11.8 Å². The number of likely N-dealkylation sites (tertiary alicyclic amines) is 1. The molecule has 1 rings (SSSR count). The molecule has 0 radical (unpaired) electrons. The van der Waals surface area contributed by atoms with Crippen molar-refractivity contribution in [2.75, 3.05) is 32.4 Å². The van der Waals surface area contributed by atoms with Crippen LogP contribution in [0.25, 0.3) is 0 Å². The van der Waals surface area contributed by atoms with Crippen molar-refractivity contribution in [3.8, 4) is 0 Å². The van der Waals surface area contributed by atoms with Crippen LogP contribution in [0.5, 0.6) is 0 Å². The molecule has 0 aliphatic carbocycles. The SMILES string of the molecule is CCSC(C(=O)N1CCCC(CNC)C1)C(C)C. The summed E-state index contributed by atoms with van der Waals surface area (Å²) >= 11 is 1.79. The standard InChI is InChI=1S/C14H28N2OS/c1-5-18-13(11(2)3)14(17)16-8-6-7-12(10-16)9-15-4/h11-13,15H,5-10H2,1-4H3. The lowest BCUT2D eigenvalue weighted by Crippen LogP contribution is -2.47. The van der Waals surface area contributed by atoms with Crippen LogP contribution in [0.15, 0.2) is 0 Å². The first kappa shape index (κ1) is 15.8. The summed E-state index contributed by atoms with van der Waals surface area (Å²) in [5.41, 5.74) is 0. The Balaban J connectivity index is 2.58. The van der Waals surface area contributed by atoms with Crippen LogP contribution in [0, 0.1) is 11.8 Å². The predicted octanol–water partition coefficient (Wildman–Crippen LogP) is 2.22. The van der Waals surface area contributed by atoms with Crippen LogP contribution in [0.2, 0.25) is 0 Å². The zero-order valence-electron chi connectivity index (χ0n) is 12.2. The molecule has 1 N–H and O–H groups in total. The highest BCUT2D eigenvalue weighted by Gasteiger charge is 2.30. The molecular formula is C14H28N2OS. The minimum atomic E-state index is 0.142. The summed E-state index contributed by atoms with van der Waals surface area (Å²) < 4.78 is 0. The monoisotopic (exact) mass is 272 g/mol. The molecule has 0 aromatic carbocycles. The first-order valence-corrected chi connectivity index (χ1v) is 8.20. The Bertz CT molecular complexity index is 256. The van der Waals surface area contributed by atoms with Crippen LogP contribution < -0.4 is 5.32 Å². The minimum Gasteiger partial charge on any atom is -0.341 e. The number of piperidine rings is 1. The number of hydrogen-bond donors (Lipinski definition) is 1. The van der Waals surface area contributed by atoms with Gasteiger partial charge in [-0.1, -0.05) is 20.8 Å². The first-order chi connectivity index (χ1) is 8.60. The lowest BCUT2D eigenvalue weighted by molar-refractivity contribution is -0.133. The molecule has 1 fully saturated rings. The third-order valence-corrected chi connectivity index (χ3v) is 4.96. The zero-order chi connectivity index (χ0) is 13.5. The lowest BCUT2D eigenvalue weighted by Gasteiger charge is -2.35. The molecule has 0 spiro atoms. The molecule has 1 amide bonds. The number of rotatable bonds is 6. The second-order valence-corrected chi connectivity index (χ2v) is 6.89. The van der Waals surface area contributed by atoms with Crippen LogP contribution in [-0.2, 0) is 4.79 Å². The van der Waals surface area contributed by atoms with Crippen molar-refractivity contribution in [3.05, 3.63) is 0 Å². The molecule has 106 valence electrons. The highest BCUT2D eigenvalue weighted by Crippen LogP contribution is 2.24. The molecular weight excluding hydrogens is 244 g/mol. The van der Waals surface area contributed by atoms with Crippen molar-refractivity contribution in [2.45, 2.75) is 38.9 Å². The van der Waals surface area contributed by atoms with Gasteiger partial charge in [-0.05, 0) is 44.0 Å². The predicted molar refractivity (Wildman–Crippen MR) is 80.0 cm³/mol. The van der Waals surface area contributed by atoms with Gasteiger partial charge in [-0.2, -0.15) is 0 Å². The normalized spacial score (nSPS) is 22.3. The average molecular weight is 272 g/mol. The van der Waals surface area contributed by atoms with E-state index < -0.39 is 0 Å². The third kappa shape index (κ3) is 4.47. The van der Waals surface area contributed by atoms with Gasteiger partial charge in [0.25, 0.3) is 0 Å². The fourth-order valence-electron chi connectivity index (χ4n) is 2.63.